The number of aliphatic hydroxyl groups is 1. The highest BCUT2D eigenvalue weighted by molar-refractivity contribution is 5.78. The quantitative estimate of drug-likeness (QED) is 0.836. The molecule has 122 valence electrons. The molecule has 1 saturated heterocycles. The molecule has 0 aromatic heterocycles. The zero-order valence-corrected chi connectivity index (χ0v) is 12.5. The summed E-state index contributed by atoms with van der Waals surface area (Å²) in [7, 11) is 0. The van der Waals surface area contributed by atoms with Crippen molar-refractivity contribution in [2.75, 3.05) is 26.2 Å². The maximum absolute atomic E-state index is 13.1. The second kappa shape index (κ2) is 8.19. The molecule has 22 heavy (non-hydrogen) atoms. The van der Waals surface area contributed by atoms with Crippen molar-refractivity contribution in [3.8, 4) is 0 Å². The number of piperidine rings is 1. The third-order valence-corrected chi connectivity index (χ3v) is 4.03. The van der Waals surface area contributed by atoms with Crippen molar-refractivity contribution < 1.29 is 18.7 Å². The van der Waals surface area contributed by atoms with Gasteiger partial charge in [-0.1, -0.05) is 12.5 Å². The molecular weight excluding hydrogens is 290 g/mol. The summed E-state index contributed by atoms with van der Waals surface area (Å²) in [6.07, 6.45) is 3.25. The summed E-state index contributed by atoms with van der Waals surface area (Å²) in [5.41, 5.74) is 0.447. The Morgan fingerprint density at radius 1 is 1.32 bits per heavy atom. The van der Waals surface area contributed by atoms with Crippen LogP contribution in [0.1, 0.15) is 24.8 Å². The van der Waals surface area contributed by atoms with Gasteiger partial charge in [0.05, 0.1) is 13.0 Å². The van der Waals surface area contributed by atoms with Gasteiger partial charge in [0.2, 0.25) is 5.91 Å². The number of aliphatic hydroxyl groups excluding tert-OH is 1. The van der Waals surface area contributed by atoms with E-state index in [-0.39, 0.29) is 25.0 Å². The Balaban J connectivity index is 1.74. The van der Waals surface area contributed by atoms with Crippen LogP contribution in [-0.4, -0.2) is 48.2 Å². The van der Waals surface area contributed by atoms with E-state index in [1.54, 1.807) is 0 Å². The second-order valence-electron chi connectivity index (χ2n) is 5.64. The summed E-state index contributed by atoms with van der Waals surface area (Å²) in [4.78, 5) is 14.0. The molecule has 0 saturated carbocycles. The van der Waals surface area contributed by atoms with Crippen LogP contribution >= 0.6 is 0 Å². The molecule has 1 fully saturated rings. The van der Waals surface area contributed by atoms with Crippen molar-refractivity contribution in [3.63, 3.8) is 0 Å². The number of rotatable bonds is 6. The lowest BCUT2D eigenvalue weighted by Gasteiger charge is -2.34. The third kappa shape index (κ3) is 4.74. The highest BCUT2D eigenvalue weighted by atomic mass is 19.2. The molecule has 1 atom stereocenters. The summed E-state index contributed by atoms with van der Waals surface area (Å²) >= 11 is 0. The zero-order valence-electron chi connectivity index (χ0n) is 12.5. The topological polar surface area (TPSA) is 52.6 Å². The summed E-state index contributed by atoms with van der Waals surface area (Å²) in [6, 6.07) is 3.65. The minimum Gasteiger partial charge on any atom is -0.395 e. The zero-order chi connectivity index (χ0) is 15.9. The van der Waals surface area contributed by atoms with Crippen molar-refractivity contribution in [3.05, 3.63) is 35.4 Å². The SMILES string of the molecule is O=C(Cc1ccc(F)c(F)c1)NCCN1CCCC[C@@H]1CO. The van der Waals surface area contributed by atoms with Crippen molar-refractivity contribution in [1.82, 2.24) is 10.2 Å². The van der Waals surface area contributed by atoms with Gasteiger partial charge in [-0.2, -0.15) is 0 Å². The smallest absolute Gasteiger partial charge is 0.224 e. The predicted octanol–water partition coefficient (Wildman–Crippen LogP) is 1.47. The first-order valence-electron chi connectivity index (χ1n) is 7.65. The van der Waals surface area contributed by atoms with Crippen LogP contribution in [0.3, 0.4) is 0 Å². The number of likely N-dealkylation sites (tertiary alicyclic amines) is 1. The fraction of sp³-hybridized carbons (Fsp3) is 0.562. The third-order valence-electron chi connectivity index (χ3n) is 4.03. The van der Waals surface area contributed by atoms with Crippen molar-refractivity contribution in [2.45, 2.75) is 31.7 Å². The van der Waals surface area contributed by atoms with Gasteiger partial charge in [-0.05, 0) is 37.1 Å². The Morgan fingerprint density at radius 3 is 2.86 bits per heavy atom. The molecule has 1 aliphatic heterocycles. The summed E-state index contributed by atoms with van der Waals surface area (Å²) < 4.78 is 25.9. The number of benzene rings is 1. The van der Waals surface area contributed by atoms with E-state index in [0.717, 1.165) is 37.9 Å². The van der Waals surface area contributed by atoms with Crippen LogP contribution in [0.25, 0.3) is 0 Å². The van der Waals surface area contributed by atoms with E-state index >= 15 is 0 Å². The Bertz CT molecular complexity index is 511. The van der Waals surface area contributed by atoms with E-state index in [1.807, 2.05) is 0 Å². The van der Waals surface area contributed by atoms with Crippen LogP contribution in [0.15, 0.2) is 18.2 Å². The molecule has 0 aliphatic carbocycles. The molecule has 1 heterocycles. The van der Waals surface area contributed by atoms with Gasteiger partial charge >= 0.3 is 0 Å². The lowest BCUT2D eigenvalue weighted by atomic mass is 10.0. The monoisotopic (exact) mass is 312 g/mol. The Morgan fingerprint density at radius 2 is 2.14 bits per heavy atom. The summed E-state index contributed by atoms with van der Waals surface area (Å²) in [5, 5.41) is 12.1. The average Bonchev–Trinajstić information content (AvgIpc) is 2.51. The van der Waals surface area contributed by atoms with Gasteiger partial charge in [-0.3, -0.25) is 9.69 Å². The largest absolute Gasteiger partial charge is 0.395 e. The van der Waals surface area contributed by atoms with E-state index in [2.05, 4.69) is 10.2 Å². The van der Waals surface area contributed by atoms with Crippen LogP contribution in [0, 0.1) is 11.6 Å². The van der Waals surface area contributed by atoms with Gasteiger partial charge in [-0.15, -0.1) is 0 Å². The Labute approximate surface area is 129 Å². The highest BCUT2D eigenvalue weighted by Gasteiger charge is 2.21. The molecule has 0 unspecified atom stereocenters. The fourth-order valence-corrected chi connectivity index (χ4v) is 2.80. The molecule has 0 radical (unpaired) electrons. The van der Waals surface area contributed by atoms with E-state index in [4.69, 9.17) is 0 Å². The molecule has 1 aromatic carbocycles. The lowest BCUT2D eigenvalue weighted by molar-refractivity contribution is -0.120. The molecule has 0 bridgehead atoms. The molecule has 0 spiro atoms. The van der Waals surface area contributed by atoms with Crippen molar-refractivity contribution in [1.29, 1.82) is 0 Å². The minimum absolute atomic E-state index is 0.0284. The Kier molecular flexibility index (Phi) is 6.27. The second-order valence-corrected chi connectivity index (χ2v) is 5.64. The summed E-state index contributed by atoms with van der Waals surface area (Å²) in [6.45, 7) is 2.25. The first-order valence-corrected chi connectivity index (χ1v) is 7.65. The van der Waals surface area contributed by atoms with Crippen LogP contribution in [0.5, 0.6) is 0 Å². The molecule has 1 amide bonds. The maximum Gasteiger partial charge on any atom is 0.224 e. The molecule has 1 aromatic rings. The van der Waals surface area contributed by atoms with Crippen molar-refractivity contribution in [2.24, 2.45) is 0 Å². The van der Waals surface area contributed by atoms with Crippen LogP contribution in [0.4, 0.5) is 8.78 Å². The van der Waals surface area contributed by atoms with Gasteiger partial charge in [-0.25, -0.2) is 8.78 Å². The Hall–Kier alpha value is -1.53. The molecule has 4 nitrogen and oxygen atoms in total. The van der Waals surface area contributed by atoms with Crippen LogP contribution in [0.2, 0.25) is 0 Å². The molecule has 2 N–H and O–H groups in total. The number of carbonyl (C=O) groups is 1. The number of carbonyl (C=O) groups excluding carboxylic acids is 1. The number of halogens is 2. The van der Waals surface area contributed by atoms with Gasteiger partial charge in [0.15, 0.2) is 11.6 Å². The highest BCUT2D eigenvalue weighted by Crippen LogP contribution is 2.15. The van der Waals surface area contributed by atoms with E-state index in [0.29, 0.717) is 18.7 Å². The normalized spacial score (nSPS) is 19.1. The lowest BCUT2D eigenvalue weighted by Crippen LogP contribution is -2.45. The van der Waals surface area contributed by atoms with E-state index < -0.39 is 11.6 Å². The van der Waals surface area contributed by atoms with Gasteiger partial charge in [0, 0.05) is 19.1 Å². The van der Waals surface area contributed by atoms with E-state index in [9.17, 15) is 18.7 Å². The molecule has 6 heteroatoms. The van der Waals surface area contributed by atoms with Crippen LogP contribution in [-0.2, 0) is 11.2 Å². The van der Waals surface area contributed by atoms with Gasteiger partial charge in [0.1, 0.15) is 0 Å². The minimum atomic E-state index is -0.940. The maximum atomic E-state index is 13.1. The van der Waals surface area contributed by atoms with Crippen LogP contribution < -0.4 is 5.32 Å². The molecule has 1 aliphatic rings. The van der Waals surface area contributed by atoms with Gasteiger partial charge in [0.25, 0.3) is 0 Å². The summed E-state index contributed by atoms with van der Waals surface area (Å²) in [5.74, 6) is -2.07. The van der Waals surface area contributed by atoms with Gasteiger partial charge < -0.3 is 10.4 Å². The number of hydrogen-bond donors (Lipinski definition) is 2. The fourth-order valence-electron chi connectivity index (χ4n) is 2.80. The number of nitrogens with zero attached hydrogens (tertiary/aromatic N) is 1. The molecular formula is C16H22F2N2O2. The molecule has 2 rings (SSSR count). The van der Waals surface area contributed by atoms with E-state index in [1.165, 1.54) is 6.07 Å². The number of hydrogen-bond acceptors (Lipinski definition) is 3. The van der Waals surface area contributed by atoms with Crippen molar-refractivity contribution >= 4 is 5.91 Å². The standard InChI is InChI=1S/C16H22F2N2O2/c17-14-5-4-12(9-15(14)18)10-16(22)19-6-8-20-7-2-1-3-13(20)11-21/h4-5,9,13,21H,1-3,6-8,10-11H2,(H,19,22)/t13-/m1/s1. The predicted molar refractivity (Wildman–Crippen MR) is 79.4 cm³/mol. The first-order chi connectivity index (χ1) is 10.6. The number of nitrogens with one attached hydrogen (secondary N) is 1. The number of amides is 1. The first kappa shape index (κ1) is 16.8. The average molecular weight is 312 g/mol.